The molecule has 1 aromatic rings. The average Bonchev–Trinajstić information content (AvgIpc) is 2.11. The van der Waals surface area contributed by atoms with Gasteiger partial charge in [-0.2, -0.15) is 0 Å². The molecule has 0 aliphatic heterocycles. The summed E-state index contributed by atoms with van der Waals surface area (Å²) in [5.74, 6) is 0.466. The minimum absolute atomic E-state index is 0.284. The fraction of sp³-hybridized carbons (Fsp3) is 0.250. The summed E-state index contributed by atoms with van der Waals surface area (Å²) in [4.78, 5) is 0. The first kappa shape index (κ1) is 11.7. The molecule has 1 aromatic carbocycles. The highest BCUT2D eigenvalue weighted by molar-refractivity contribution is 6.52. The second kappa shape index (κ2) is 4.95. The van der Waals surface area contributed by atoms with Crippen LogP contribution in [0.15, 0.2) is 6.07 Å². The number of rotatable bonds is 2. The van der Waals surface area contributed by atoms with Crippen LogP contribution in [0.5, 0.6) is 0 Å². The van der Waals surface area contributed by atoms with E-state index in [2.05, 4.69) is 0 Å². The van der Waals surface area contributed by atoms with Crippen molar-refractivity contribution in [3.8, 4) is 0 Å². The summed E-state index contributed by atoms with van der Waals surface area (Å²) in [6.45, 7) is 0. The third-order valence-electron chi connectivity index (χ3n) is 1.54. The fourth-order valence-electron chi connectivity index (χ4n) is 0.906. The molecule has 0 bridgehead atoms. The van der Waals surface area contributed by atoms with E-state index in [9.17, 15) is 0 Å². The lowest BCUT2D eigenvalue weighted by molar-refractivity contribution is 1.15. The van der Waals surface area contributed by atoms with Crippen molar-refractivity contribution in [2.75, 3.05) is 5.88 Å². The molecule has 0 unspecified atom stereocenters. The highest BCUT2D eigenvalue weighted by Crippen LogP contribution is 2.38. The molecule has 0 saturated heterocycles. The third-order valence-corrected chi connectivity index (χ3v) is 3.52. The smallest absolute Gasteiger partial charge is 0.0796 e. The van der Waals surface area contributed by atoms with Gasteiger partial charge in [-0.25, -0.2) is 0 Å². The van der Waals surface area contributed by atoms with E-state index >= 15 is 0 Å². The van der Waals surface area contributed by atoms with Crippen LogP contribution in [0.3, 0.4) is 0 Å². The molecule has 0 amide bonds. The van der Waals surface area contributed by atoms with E-state index in [0.29, 0.717) is 22.3 Å². The molecule has 0 saturated carbocycles. The quantitative estimate of drug-likeness (QED) is 0.402. The van der Waals surface area contributed by atoms with E-state index in [-0.39, 0.29) is 10.0 Å². The van der Waals surface area contributed by atoms with Gasteiger partial charge in [0.1, 0.15) is 0 Å². The molecule has 0 fully saturated rings. The number of alkyl halides is 1. The van der Waals surface area contributed by atoms with Crippen LogP contribution in [0.2, 0.25) is 20.1 Å². The summed E-state index contributed by atoms with van der Waals surface area (Å²) in [6.07, 6.45) is 0.622. The highest BCUT2D eigenvalue weighted by atomic mass is 35.5. The number of halogens is 5. The molecule has 0 aromatic heterocycles. The lowest BCUT2D eigenvalue weighted by Crippen LogP contribution is -1.89. The van der Waals surface area contributed by atoms with Gasteiger partial charge in [-0.3, -0.25) is 0 Å². The molecule has 0 radical (unpaired) electrons. The van der Waals surface area contributed by atoms with Crippen molar-refractivity contribution in [1.82, 2.24) is 0 Å². The Morgan fingerprint density at radius 2 is 1.54 bits per heavy atom. The van der Waals surface area contributed by atoms with Crippen molar-refractivity contribution in [3.63, 3.8) is 0 Å². The van der Waals surface area contributed by atoms with Crippen molar-refractivity contribution in [1.29, 1.82) is 0 Å². The summed E-state index contributed by atoms with van der Waals surface area (Å²) in [5, 5.41) is 1.40. The highest BCUT2D eigenvalue weighted by Gasteiger charge is 2.12. The van der Waals surface area contributed by atoms with Crippen molar-refractivity contribution < 1.29 is 0 Å². The Morgan fingerprint density at radius 3 is 2.08 bits per heavy atom. The van der Waals surface area contributed by atoms with E-state index < -0.39 is 0 Å². The number of hydrogen-bond donors (Lipinski definition) is 0. The van der Waals surface area contributed by atoms with Crippen LogP contribution in [0, 0.1) is 0 Å². The van der Waals surface area contributed by atoms with Gasteiger partial charge in [0.2, 0.25) is 0 Å². The molecule has 13 heavy (non-hydrogen) atoms. The monoisotopic (exact) mass is 276 g/mol. The zero-order chi connectivity index (χ0) is 10.0. The van der Waals surface area contributed by atoms with Crippen molar-refractivity contribution in [2.45, 2.75) is 6.42 Å². The Bertz CT molecular complexity index is 321. The molecule has 5 heteroatoms. The van der Waals surface area contributed by atoms with Gasteiger partial charge in [-0.05, 0) is 18.1 Å². The van der Waals surface area contributed by atoms with Crippen LogP contribution in [0.1, 0.15) is 5.56 Å². The van der Waals surface area contributed by atoms with Gasteiger partial charge in [-0.15, -0.1) is 11.6 Å². The van der Waals surface area contributed by atoms with Gasteiger partial charge in [0.05, 0.1) is 20.1 Å². The Morgan fingerprint density at radius 1 is 0.923 bits per heavy atom. The molecular weight excluding hydrogens is 273 g/mol. The second-order valence-electron chi connectivity index (χ2n) is 2.40. The van der Waals surface area contributed by atoms with Crippen LogP contribution in [0.4, 0.5) is 0 Å². The predicted octanol–water partition coefficient (Wildman–Crippen LogP) is 5.08. The summed E-state index contributed by atoms with van der Waals surface area (Å²) < 4.78 is 0. The number of benzene rings is 1. The molecular formula is C8H5Cl5. The van der Waals surface area contributed by atoms with Crippen LogP contribution in [-0.2, 0) is 6.42 Å². The summed E-state index contributed by atoms with van der Waals surface area (Å²) >= 11 is 28.9. The van der Waals surface area contributed by atoms with Crippen molar-refractivity contribution in [3.05, 3.63) is 31.7 Å². The molecule has 0 spiro atoms. The third kappa shape index (κ3) is 2.57. The van der Waals surface area contributed by atoms with Gasteiger partial charge in [0.25, 0.3) is 0 Å². The first-order chi connectivity index (χ1) is 6.07. The Hall–Kier alpha value is 0.670. The largest absolute Gasteiger partial charge is 0.126 e. The first-order valence-electron chi connectivity index (χ1n) is 3.45. The second-order valence-corrected chi connectivity index (χ2v) is 4.32. The van der Waals surface area contributed by atoms with Crippen LogP contribution in [0.25, 0.3) is 0 Å². The number of aryl methyl sites for hydroxylation is 1. The van der Waals surface area contributed by atoms with Crippen molar-refractivity contribution >= 4 is 58.0 Å². The van der Waals surface area contributed by atoms with E-state index in [1.807, 2.05) is 0 Å². The van der Waals surface area contributed by atoms with Crippen LogP contribution >= 0.6 is 58.0 Å². The summed E-state index contributed by atoms with van der Waals surface area (Å²) in [5.41, 5.74) is 0.816. The lowest BCUT2D eigenvalue weighted by atomic mass is 10.2. The van der Waals surface area contributed by atoms with E-state index in [0.717, 1.165) is 5.56 Å². The predicted molar refractivity (Wildman–Crippen MR) is 60.9 cm³/mol. The fourth-order valence-corrected chi connectivity index (χ4v) is 2.05. The standard InChI is InChI=1S/C8H5Cl5/c9-2-1-4-3-5(10)7(12)8(13)6(4)11/h3H,1-2H2. The SMILES string of the molecule is ClCCc1cc(Cl)c(Cl)c(Cl)c1Cl. The molecule has 0 N–H and O–H groups in total. The van der Waals surface area contributed by atoms with E-state index in [1.54, 1.807) is 6.07 Å². The zero-order valence-corrected chi connectivity index (χ0v) is 10.2. The van der Waals surface area contributed by atoms with Gasteiger partial charge in [0.15, 0.2) is 0 Å². The normalized spacial score (nSPS) is 10.5. The van der Waals surface area contributed by atoms with Gasteiger partial charge in [-0.1, -0.05) is 46.4 Å². The van der Waals surface area contributed by atoms with Crippen LogP contribution < -0.4 is 0 Å². The van der Waals surface area contributed by atoms with Crippen molar-refractivity contribution in [2.24, 2.45) is 0 Å². The topological polar surface area (TPSA) is 0 Å². The molecule has 0 nitrogen and oxygen atoms in total. The van der Waals surface area contributed by atoms with Gasteiger partial charge >= 0.3 is 0 Å². The maximum Gasteiger partial charge on any atom is 0.0796 e. The lowest BCUT2D eigenvalue weighted by Gasteiger charge is -2.07. The number of hydrogen-bond acceptors (Lipinski definition) is 0. The molecule has 0 atom stereocenters. The molecule has 72 valence electrons. The van der Waals surface area contributed by atoms with E-state index in [4.69, 9.17) is 58.0 Å². The summed E-state index contributed by atoms with van der Waals surface area (Å²) in [6, 6.07) is 1.68. The average molecular weight is 278 g/mol. The molecule has 1 rings (SSSR count). The minimum Gasteiger partial charge on any atom is -0.126 e. The Balaban J connectivity index is 3.24. The maximum atomic E-state index is 5.92. The summed E-state index contributed by atoms with van der Waals surface area (Å²) in [7, 11) is 0. The first-order valence-corrected chi connectivity index (χ1v) is 5.50. The minimum atomic E-state index is 0.284. The van der Waals surface area contributed by atoms with Gasteiger partial charge < -0.3 is 0 Å². The Kier molecular flexibility index (Phi) is 4.47. The molecule has 0 heterocycles. The molecule has 0 aliphatic carbocycles. The van der Waals surface area contributed by atoms with E-state index in [1.165, 1.54) is 0 Å². The zero-order valence-electron chi connectivity index (χ0n) is 6.38. The maximum absolute atomic E-state index is 5.92. The van der Waals surface area contributed by atoms with Gasteiger partial charge in [0, 0.05) is 5.88 Å². The van der Waals surface area contributed by atoms with Crippen LogP contribution in [-0.4, -0.2) is 5.88 Å². The Labute approximate surface area is 102 Å². The molecule has 0 aliphatic rings.